The Morgan fingerprint density at radius 2 is 1.89 bits per heavy atom. The van der Waals surface area contributed by atoms with E-state index in [-0.39, 0.29) is 5.82 Å². The highest BCUT2D eigenvalue weighted by Gasteiger charge is 2.05. The van der Waals surface area contributed by atoms with Crippen molar-refractivity contribution in [2.75, 3.05) is 0 Å². The fourth-order valence-electron chi connectivity index (χ4n) is 1.46. The maximum atomic E-state index is 13.7. The zero-order chi connectivity index (χ0) is 13.8. The number of rotatable bonds is 3. The number of hydrogen-bond donors (Lipinski definition) is 0. The van der Waals surface area contributed by atoms with Gasteiger partial charge in [-0.15, -0.1) is 11.8 Å². The number of benzene rings is 2. The summed E-state index contributed by atoms with van der Waals surface area (Å²) in [6, 6.07) is 11.7. The lowest BCUT2D eigenvalue weighted by Crippen LogP contribution is -1.89. The Kier molecular flexibility index (Phi) is 4.71. The normalized spacial score (nSPS) is 10.2. The minimum atomic E-state index is -0.369. The number of hydrogen-bond acceptors (Lipinski definition) is 2. The summed E-state index contributed by atoms with van der Waals surface area (Å²) in [6.07, 6.45) is 0. The standard InChI is InChI=1S/C14H8Cl2FNS/c15-12-4-3-11(6-13(12)16)19-8-10-2-1-9(7-18)5-14(10)17/h1-6H,8H2. The quantitative estimate of drug-likeness (QED) is 0.718. The summed E-state index contributed by atoms with van der Waals surface area (Å²) in [4.78, 5) is 0.915. The Bertz CT molecular complexity index is 652. The first-order valence-electron chi connectivity index (χ1n) is 5.36. The monoisotopic (exact) mass is 311 g/mol. The third-order valence-electron chi connectivity index (χ3n) is 2.47. The number of nitrogens with zero attached hydrogens (tertiary/aromatic N) is 1. The number of halogens is 3. The van der Waals surface area contributed by atoms with Crippen molar-refractivity contribution in [2.24, 2.45) is 0 Å². The molecule has 0 unspecified atom stereocenters. The minimum Gasteiger partial charge on any atom is -0.207 e. The van der Waals surface area contributed by atoms with Gasteiger partial charge in [0.2, 0.25) is 0 Å². The molecule has 1 nitrogen and oxygen atoms in total. The van der Waals surface area contributed by atoms with Crippen LogP contribution in [0.25, 0.3) is 0 Å². The Morgan fingerprint density at radius 1 is 1.11 bits per heavy atom. The highest BCUT2D eigenvalue weighted by Crippen LogP contribution is 2.30. The maximum Gasteiger partial charge on any atom is 0.128 e. The molecule has 0 aliphatic heterocycles. The van der Waals surface area contributed by atoms with Crippen molar-refractivity contribution in [3.63, 3.8) is 0 Å². The summed E-state index contributed by atoms with van der Waals surface area (Å²) in [5.41, 5.74) is 0.871. The van der Waals surface area contributed by atoms with Gasteiger partial charge in [0, 0.05) is 10.6 Å². The molecule has 0 saturated heterocycles. The van der Waals surface area contributed by atoms with E-state index >= 15 is 0 Å². The summed E-state index contributed by atoms with van der Waals surface area (Å²) in [6.45, 7) is 0. The third-order valence-corrected chi connectivity index (χ3v) is 4.25. The summed E-state index contributed by atoms with van der Waals surface area (Å²) >= 11 is 13.2. The molecule has 5 heteroatoms. The van der Waals surface area contributed by atoms with E-state index in [9.17, 15) is 4.39 Å². The van der Waals surface area contributed by atoms with E-state index in [1.54, 1.807) is 24.3 Å². The van der Waals surface area contributed by atoms with Gasteiger partial charge in [-0.05, 0) is 35.9 Å². The molecule has 96 valence electrons. The van der Waals surface area contributed by atoms with E-state index < -0.39 is 0 Å². The van der Waals surface area contributed by atoms with Gasteiger partial charge in [-0.3, -0.25) is 0 Å². The van der Waals surface area contributed by atoms with Crippen molar-refractivity contribution in [3.8, 4) is 6.07 Å². The lowest BCUT2D eigenvalue weighted by molar-refractivity contribution is 0.617. The van der Waals surface area contributed by atoms with Crippen LogP contribution in [0.1, 0.15) is 11.1 Å². The van der Waals surface area contributed by atoms with E-state index in [4.69, 9.17) is 28.5 Å². The molecule has 2 aromatic carbocycles. The van der Waals surface area contributed by atoms with Crippen LogP contribution in [0.3, 0.4) is 0 Å². The molecular weight excluding hydrogens is 304 g/mol. The van der Waals surface area contributed by atoms with Gasteiger partial charge in [-0.25, -0.2) is 4.39 Å². The molecule has 0 radical (unpaired) electrons. The van der Waals surface area contributed by atoms with Gasteiger partial charge in [-0.1, -0.05) is 29.3 Å². The van der Waals surface area contributed by atoms with Crippen LogP contribution in [0.4, 0.5) is 4.39 Å². The molecule has 0 N–H and O–H groups in total. The first-order chi connectivity index (χ1) is 9.10. The summed E-state index contributed by atoms with van der Waals surface area (Å²) in [5.74, 6) is 0.0989. The average Bonchev–Trinajstić information content (AvgIpc) is 2.41. The Labute approximate surface area is 125 Å². The van der Waals surface area contributed by atoms with Crippen molar-refractivity contribution in [3.05, 3.63) is 63.4 Å². The minimum absolute atomic E-state index is 0.320. The number of thioether (sulfide) groups is 1. The molecule has 0 atom stereocenters. The molecule has 2 aromatic rings. The molecule has 0 aliphatic carbocycles. The van der Waals surface area contributed by atoms with Crippen LogP contribution in [-0.4, -0.2) is 0 Å². The molecule has 0 spiro atoms. The first kappa shape index (κ1) is 14.2. The SMILES string of the molecule is N#Cc1ccc(CSc2ccc(Cl)c(Cl)c2)c(F)c1. The molecule has 0 heterocycles. The zero-order valence-electron chi connectivity index (χ0n) is 9.66. The highest BCUT2D eigenvalue weighted by atomic mass is 35.5. The fourth-order valence-corrected chi connectivity index (χ4v) is 2.75. The average molecular weight is 312 g/mol. The largest absolute Gasteiger partial charge is 0.207 e. The third kappa shape index (κ3) is 3.63. The van der Waals surface area contributed by atoms with E-state index in [0.717, 1.165) is 4.90 Å². The van der Waals surface area contributed by atoms with Crippen LogP contribution >= 0.6 is 35.0 Å². The van der Waals surface area contributed by atoms with E-state index in [1.165, 1.54) is 17.8 Å². The molecule has 0 amide bonds. The molecule has 0 aromatic heterocycles. The second-order valence-electron chi connectivity index (χ2n) is 3.78. The molecule has 0 bridgehead atoms. The lowest BCUT2D eigenvalue weighted by Gasteiger charge is -2.05. The van der Waals surface area contributed by atoms with Crippen LogP contribution in [0.2, 0.25) is 10.0 Å². The first-order valence-corrected chi connectivity index (χ1v) is 7.10. The molecule has 0 fully saturated rings. The Balaban J connectivity index is 2.10. The van der Waals surface area contributed by atoms with Crippen molar-refractivity contribution in [1.29, 1.82) is 5.26 Å². The van der Waals surface area contributed by atoms with Crippen LogP contribution in [0.5, 0.6) is 0 Å². The van der Waals surface area contributed by atoms with Gasteiger partial charge in [-0.2, -0.15) is 5.26 Å². The van der Waals surface area contributed by atoms with E-state index in [2.05, 4.69) is 0 Å². The summed E-state index contributed by atoms with van der Waals surface area (Å²) < 4.78 is 13.7. The van der Waals surface area contributed by atoms with Crippen molar-refractivity contribution >= 4 is 35.0 Å². The molecule has 2 rings (SSSR count). The van der Waals surface area contributed by atoms with Gasteiger partial charge in [0.15, 0.2) is 0 Å². The van der Waals surface area contributed by atoms with Crippen LogP contribution in [0, 0.1) is 17.1 Å². The second-order valence-corrected chi connectivity index (χ2v) is 5.65. The Morgan fingerprint density at radius 3 is 2.53 bits per heavy atom. The summed E-state index contributed by atoms with van der Waals surface area (Å²) in [7, 11) is 0. The molecule has 0 saturated carbocycles. The van der Waals surface area contributed by atoms with Crippen LogP contribution in [0.15, 0.2) is 41.3 Å². The van der Waals surface area contributed by atoms with Gasteiger partial charge < -0.3 is 0 Å². The lowest BCUT2D eigenvalue weighted by atomic mass is 10.1. The van der Waals surface area contributed by atoms with Crippen molar-refractivity contribution in [2.45, 2.75) is 10.6 Å². The van der Waals surface area contributed by atoms with Gasteiger partial charge in [0.05, 0.1) is 21.7 Å². The van der Waals surface area contributed by atoms with Gasteiger partial charge in [0.1, 0.15) is 5.82 Å². The molecule has 0 aliphatic rings. The van der Waals surface area contributed by atoms with Gasteiger partial charge in [0.25, 0.3) is 0 Å². The van der Waals surface area contributed by atoms with Crippen LogP contribution < -0.4 is 0 Å². The summed E-state index contributed by atoms with van der Waals surface area (Å²) in [5, 5.41) is 9.64. The molecular formula is C14H8Cl2FNS. The topological polar surface area (TPSA) is 23.8 Å². The highest BCUT2D eigenvalue weighted by molar-refractivity contribution is 7.98. The van der Waals surface area contributed by atoms with E-state index in [0.29, 0.717) is 26.9 Å². The predicted molar refractivity (Wildman–Crippen MR) is 77.1 cm³/mol. The van der Waals surface area contributed by atoms with Crippen LogP contribution in [-0.2, 0) is 5.75 Å². The second kappa shape index (κ2) is 6.29. The van der Waals surface area contributed by atoms with E-state index in [1.807, 2.05) is 12.1 Å². The zero-order valence-corrected chi connectivity index (χ0v) is 12.0. The smallest absolute Gasteiger partial charge is 0.128 e. The van der Waals surface area contributed by atoms with Crippen molar-refractivity contribution < 1.29 is 4.39 Å². The Hall–Kier alpha value is -1.21. The molecule has 19 heavy (non-hydrogen) atoms. The fraction of sp³-hybridized carbons (Fsp3) is 0.0714. The maximum absolute atomic E-state index is 13.7. The van der Waals surface area contributed by atoms with Crippen molar-refractivity contribution in [1.82, 2.24) is 0 Å². The van der Waals surface area contributed by atoms with Gasteiger partial charge >= 0.3 is 0 Å². The number of nitriles is 1. The predicted octanol–water partition coefficient (Wildman–Crippen LogP) is 5.30.